The maximum Gasteiger partial charge on any atom is 0.253 e. The van der Waals surface area contributed by atoms with Crippen LogP contribution in [-0.4, -0.2) is 46.4 Å². The second-order valence-corrected chi connectivity index (χ2v) is 6.34. The van der Waals surface area contributed by atoms with Crippen molar-refractivity contribution in [1.82, 2.24) is 14.7 Å². The Bertz CT molecular complexity index is 907. The van der Waals surface area contributed by atoms with Gasteiger partial charge in [-0.1, -0.05) is 12.1 Å². The fraction of sp³-hybridized carbons (Fsp3) is 0.238. The van der Waals surface area contributed by atoms with E-state index < -0.39 is 0 Å². The topological polar surface area (TPSA) is 56.6 Å². The molecule has 0 bridgehead atoms. The highest BCUT2D eigenvalue weighted by atomic mass is 16.6. The SMILES string of the molecule is CCN(CC1COc2ccccc2O1)C(=O)c1ccc(-n2cccn2)cc1. The van der Waals surface area contributed by atoms with Crippen molar-refractivity contribution >= 4 is 5.91 Å². The summed E-state index contributed by atoms with van der Waals surface area (Å²) >= 11 is 0. The molecular formula is C21H21N3O3. The van der Waals surface area contributed by atoms with Crippen molar-refractivity contribution in [1.29, 1.82) is 0 Å². The number of likely N-dealkylation sites (N-methyl/N-ethyl adjacent to an activating group) is 1. The van der Waals surface area contributed by atoms with Gasteiger partial charge < -0.3 is 14.4 Å². The number of rotatable bonds is 5. The Kier molecular flexibility index (Phi) is 4.78. The molecule has 0 spiro atoms. The van der Waals surface area contributed by atoms with E-state index in [0.717, 1.165) is 17.2 Å². The van der Waals surface area contributed by atoms with Crippen LogP contribution in [0.5, 0.6) is 11.5 Å². The molecule has 2 aromatic carbocycles. The highest BCUT2D eigenvalue weighted by molar-refractivity contribution is 5.94. The van der Waals surface area contributed by atoms with Crippen molar-refractivity contribution in [2.45, 2.75) is 13.0 Å². The first-order chi connectivity index (χ1) is 13.2. The number of ether oxygens (including phenoxy) is 2. The van der Waals surface area contributed by atoms with Crippen LogP contribution in [0.2, 0.25) is 0 Å². The van der Waals surface area contributed by atoms with Gasteiger partial charge in [0.15, 0.2) is 17.6 Å². The number of fused-ring (bicyclic) bond motifs is 1. The van der Waals surface area contributed by atoms with Crippen LogP contribution in [0.15, 0.2) is 67.0 Å². The molecule has 2 heterocycles. The van der Waals surface area contributed by atoms with Gasteiger partial charge in [-0.25, -0.2) is 4.68 Å². The molecule has 0 saturated carbocycles. The lowest BCUT2D eigenvalue weighted by atomic mass is 10.1. The highest BCUT2D eigenvalue weighted by Crippen LogP contribution is 2.31. The fourth-order valence-corrected chi connectivity index (χ4v) is 3.12. The predicted octanol–water partition coefficient (Wildman–Crippen LogP) is 3.17. The number of carbonyl (C=O) groups is 1. The number of hydrogen-bond donors (Lipinski definition) is 0. The molecule has 0 fully saturated rings. The highest BCUT2D eigenvalue weighted by Gasteiger charge is 2.25. The van der Waals surface area contributed by atoms with Gasteiger partial charge in [-0.3, -0.25) is 4.79 Å². The van der Waals surface area contributed by atoms with Crippen molar-refractivity contribution in [3.8, 4) is 17.2 Å². The van der Waals surface area contributed by atoms with Crippen LogP contribution in [-0.2, 0) is 0 Å². The van der Waals surface area contributed by atoms with Crippen LogP contribution >= 0.6 is 0 Å². The summed E-state index contributed by atoms with van der Waals surface area (Å²) in [6, 6.07) is 16.9. The largest absolute Gasteiger partial charge is 0.486 e. The van der Waals surface area contributed by atoms with Gasteiger partial charge in [0.2, 0.25) is 0 Å². The van der Waals surface area contributed by atoms with Crippen LogP contribution in [0.4, 0.5) is 0 Å². The molecule has 1 aromatic heterocycles. The van der Waals surface area contributed by atoms with Gasteiger partial charge in [-0.2, -0.15) is 5.10 Å². The molecule has 6 nitrogen and oxygen atoms in total. The third-order valence-corrected chi connectivity index (χ3v) is 4.54. The van der Waals surface area contributed by atoms with Crippen LogP contribution < -0.4 is 9.47 Å². The van der Waals surface area contributed by atoms with E-state index in [4.69, 9.17) is 9.47 Å². The number of para-hydroxylation sites is 2. The zero-order valence-corrected chi connectivity index (χ0v) is 15.1. The monoisotopic (exact) mass is 363 g/mol. The average molecular weight is 363 g/mol. The predicted molar refractivity (Wildman–Crippen MR) is 101 cm³/mol. The van der Waals surface area contributed by atoms with Crippen molar-refractivity contribution < 1.29 is 14.3 Å². The molecule has 0 aliphatic carbocycles. The van der Waals surface area contributed by atoms with Gasteiger partial charge >= 0.3 is 0 Å². The molecule has 1 aliphatic heterocycles. The maximum absolute atomic E-state index is 12.9. The summed E-state index contributed by atoms with van der Waals surface area (Å²) in [6.07, 6.45) is 3.41. The van der Waals surface area contributed by atoms with E-state index in [0.29, 0.717) is 25.3 Å². The van der Waals surface area contributed by atoms with Crippen LogP contribution in [0.25, 0.3) is 5.69 Å². The summed E-state index contributed by atoms with van der Waals surface area (Å²) in [6.45, 7) is 3.47. The Balaban J connectivity index is 1.44. The summed E-state index contributed by atoms with van der Waals surface area (Å²) in [5.74, 6) is 1.45. The molecule has 1 amide bonds. The fourth-order valence-electron chi connectivity index (χ4n) is 3.12. The lowest BCUT2D eigenvalue weighted by Crippen LogP contribution is -2.43. The van der Waals surface area contributed by atoms with Gasteiger partial charge in [0.05, 0.1) is 12.2 Å². The van der Waals surface area contributed by atoms with E-state index >= 15 is 0 Å². The summed E-state index contributed by atoms with van der Waals surface area (Å²) < 4.78 is 13.5. The normalized spacial score (nSPS) is 15.4. The Morgan fingerprint density at radius 2 is 1.93 bits per heavy atom. The third-order valence-electron chi connectivity index (χ3n) is 4.54. The quantitative estimate of drug-likeness (QED) is 0.699. The minimum atomic E-state index is -0.188. The van der Waals surface area contributed by atoms with Crippen LogP contribution in [0.1, 0.15) is 17.3 Å². The Morgan fingerprint density at radius 1 is 1.15 bits per heavy atom. The third kappa shape index (κ3) is 3.65. The first-order valence-corrected chi connectivity index (χ1v) is 9.02. The lowest BCUT2D eigenvalue weighted by Gasteiger charge is -2.31. The number of benzene rings is 2. The molecule has 1 aliphatic rings. The van der Waals surface area contributed by atoms with E-state index in [-0.39, 0.29) is 12.0 Å². The minimum Gasteiger partial charge on any atom is -0.486 e. The molecule has 0 N–H and O–H groups in total. The molecule has 1 unspecified atom stereocenters. The first kappa shape index (κ1) is 17.1. The Labute approximate surface area is 157 Å². The second kappa shape index (κ2) is 7.53. The van der Waals surface area contributed by atoms with Gasteiger partial charge in [-0.15, -0.1) is 0 Å². The van der Waals surface area contributed by atoms with Crippen molar-refractivity contribution in [2.75, 3.05) is 19.7 Å². The number of carbonyl (C=O) groups excluding carboxylic acids is 1. The molecule has 0 radical (unpaired) electrons. The summed E-state index contributed by atoms with van der Waals surface area (Å²) in [5, 5.41) is 4.20. The molecule has 6 heteroatoms. The van der Waals surface area contributed by atoms with Crippen molar-refractivity contribution in [3.05, 3.63) is 72.6 Å². The van der Waals surface area contributed by atoms with E-state index in [1.807, 2.05) is 67.7 Å². The van der Waals surface area contributed by atoms with E-state index in [1.54, 1.807) is 15.8 Å². The number of aromatic nitrogens is 2. The standard InChI is InChI=1S/C21H21N3O3/c1-2-23(14-18-15-26-19-6-3-4-7-20(19)27-18)21(25)16-8-10-17(11-9-16)24-13-5-12-22-24/h3-13,18H,2,14-15H2,1H3. The van der Waals surface area contributed by atoms with Gasteiger partial charge in [0, 0.05) is 24.5 Å². The zero-order chi connectivity index (χ0) is 18.6. The molecule has 138 valence electrons. The number of nitrogens with zero attached hydrogens (tertiary/aromatic N) is 3. The van der Waals surface area contributed by atoms with Crippen molar-refractivity contribution in [2.24, 2.45) is 0 Å². The summed E-state index contributed by atoms with van der Waals surface area (Å²) in [5.41, 5.74) is 1.56. The molecule has 1 atom stereocenters. The first-order valence-electron chi connectivity index (χ1n) is 9.02. The van der Waals surface area contributed by atoms with Crippen LogP contribution in [0.3, 0.4) is 0 Å². The van der Waals surface area contributed by atoms with E-state index in [1.165, 1.54) is 0 Å². The van der Waals surface area contributed by atoms with Gasteiger partial charge in [-0.05, 0) is 49.4 Å². The van der Waals surface area contributed by atoms with E-state index in [2.05, 4.69) is 5.10 Å². The molecule has 4 rings (SSSR count). The van der Waals surface area contributed by atoms with Crippen LogP contribution in [0, 0.1) is 0 Å². The lowest BCUT2D eigenvalue weighted by molar-refractivity contribution is 0.0475. The van der Waals surface area contributed by atoms with Crippen molar-refractivity contribution in [3.63, 3.8) is 0 Å². The summed E-state index contributed by atoms with van der Waals surface area (Å²) in [4.78, 5) is 14.7. The van der Waals surface area contributed by atoms with Gasteiger partial charge in [0.1, 0.15) is 6.61 Å². The Morgan fingerprint density at radius 3 is 2.63 bits per heavy atom. The number of hydrogen-bond acceptors (Lipinski definition) is 4. The molecular weight excluding hydrogens is 342 g/mol. The second-order valence-electron chi connectivity index (χ2n) is 6.34. The molecule has 3 aromatic rings. The van der Waals surface area contributed by atoms with E-state index in [9.17, 15) is 4.79 Å². The zero-order valence-electron chi connectivity index (χ0n) is 15.1. The minimum absolute atomic E-state index is 0.0213. The molecule has 27 heavy (non-hydrogen) atoms. The summed E-state index contributed by atoms with van der Waals surface area (Å²) in [7, 11) is 0. The molecule has 0 saturated heterocycles. The van der Waals surface area contributed by atoms with Gasteiger partial charge in [0.25, 0.3) is 5.91 Å². The smallest absolute Gasteiger partial charge is 0.253 e. The number of amides is 1. The Hall–Kier alpha value is -3.28. The maximum atomic E-state index is 12.9. The average Bonchev–Trinajstić information content (AvgIpc) is 3.26.